The topological polar surface area (TPSA) is 3.24 Å². The van der Waals surface area contributed by atoms with Crippen molar-refractivity contribution in [2.24, 2.45) is 5.92 Å². The molecule has 0 aromatic heterocycles. The highest BCUT2D eigenvalue weighted by molar-refractivity contribution is 4.77. The van der Waals surface area contributed by atoms with Gasteiger partial charge in [0.1, 0.15) is 0 Å². The summed E-state index contributed by atoms with van der Waals surface area (Å²) in [6, 6.07) is 0.871. The van der Waals surface area contributed by atoms with E-state index in [1.807, 2.05) is 0 Å². The highest BCUT2D eigenvalue weighted by Gasteiger charge is 2.22. The van der Waals surface area contributed by atoms with Crippen molar-refractivity contribution in [1.29, 1.82) is 0 Å². The minimum absolute atomic E-state index is 0.871. The molecule has 1 nitrogen and oxygen atoms in total. The van der Waals surface area contributed by atoms with E-state index in [0.717, 1.165) is 12.0 Å². The zero-order valence-corrected chi connectivity index (χ0v) is 9.55. The summed E-state index contributed by atoms with van der Waals surface area (Å²) in [7, 11) is 4.46. The van der Waals surface area contributed by atoms with E-state index in [1.54, 1.807) is 0 Å². The molecule has 0 bridgehead atoms. The second kappa shape index (κ2) is 5.64. The zero-order chi connectivity index (χ0) is 9.68. The van der Waals surface area contributed by atoms with Gasteiger partial charge in [-0.25, -0.2) is 0 Å². The molecule has 1 fully saturated rings. The lowest BCUT2D eigenvalue weighted by atomic mass is 9.82. The fourth-order valence-electron chi connectivity index (χ4n) is 2.49. The van der Waals surface area contributed by atoms with Crippen molar-refractivity contribution in [3.8, 4) is 0 Å². The van der Waals surface area contributed by atoms with E-state index >= 15 is 0 Å². The molecule has 0 saturated heterocycles. The lowest BCUT2D eigenvalue weighted by molar-refractivity contribution is 0.178. The third-order valence-corrected chi connectivity index (χ3v) is 3.45. The Kier molecular flexibility index (Phi) is 4.79. The third kappa shape index (κ3) is 3.68. The van der Waals surface area contributed by atoms with Crippen LogP contribution in [0, 0.1) is 5.92 Å². The molecule has 0 aromatic carbocycles. The first-order chi connectivity index (χ1) is 6.24. The van der Waals surface area contributed by atoms with E-state index in [4.69, 9.17) is 0 Å². The van der Waals surface area contributed by atoms with Crippen molar-refractivity contribution in [1.82, 2.24) is 4.90 Å². The number of hydrogen-bond donors (Lipinski definition) is 0. The third-order valence-electron chi connectivity index (χ3n) is 3.45. The molecule has 1 rings (SSSR count). The molecule has 0 radical (unpaired) electrons. The lowest BCUT2D eigenvalue weighted by Gasteiger charge is -2.33. The Balaban J connectivity index is 2.25. The average molecular weight is 183 g/mol. The summed E-state index contributed by atoms with van der Waals surface area (Å²) in [5, 5.41) is 0. The molecule has 2 atom stereocenters. The Labute approximate surface area is 83.5 Å². The van der Waals surface area contributed by atoms with Crippen LogP contribution in [0.25, 0.3) is 0 Å². The molecule has 1 heteroatoms. The van der Waals surface area contributed by atoms with E-state index in [0.29, 0.717) is 0 Å². The molecule has 0 aromatic rings. The number of unbranched alkanes of at least 4 members (excludes halogenated alkanes) is 1. The maximum absolute atomic E-state index is 2.41. The summed E-state index contributed by atoms with van der Waals surface area (Å²) in [6.07, 6.45) is 10.1. The van der Waals surface area contributed by atoms with E-state index in [9.17, 15) is 0 Å². The minimum atomic E-state index is 0.871. The highest BCUT2D eigenvalue weighted by atomic mass is 15.1. The fraction of sp³-hybridized carbons (Fsp3) is 1.00. The molecule has 1 aliphatic rings. The van der Waals surface area contributed by atoms with Crippen molar-refractivity contribution in [2.45, 2.75) is 57.9 Å². The molecule has 0 aliphatic heterocycles. The summed E-state index contributed by atoms with van der Waals surface area (Å²) in [5.74, 6) is 1.03. The van der Waals surface area contributed by atoms with Crippen LogP contribution in [0.5, 0.6) is 0 Å². The van der Waals surface area contributed by atoms with Gasteiger partial charge in [0.05, 0.1) is 0 Å². The molecule has 2 unspecified atom stereocenters. The smallest absolute Gasteiger partial charge is 0.00918 e. The first kappa shape index (κ1) is 11.0. The Hall–Kier alpha value is -0.0400. The standard InChI is InChI=1S/C12H25N/c1-4-5-7-11-8-6-9-12(10-11)13(2)3/h11-12H,4-10H2,1-3H3. The van der Waals surface area contributed by atoms with Gasteiger partial charge in [-0.2, -0.15) is 0 Å². The molecule has 0 spiro atoms. The Bertz CT molecular complexity index is 131. The van der Waals surface area contributed by atoms with Gasteiger partial charge >= 0.3 is 0 Å². The molecule has 0 amide bonds. The number of rotatable bonds is 4. The van der Waals surface area contributed by atoms with Gasteiger partial charge in [0.15, 0.2) is 0 Å². The molecule has 0 heterocycles. The summed E-state index contributed by atoms with van der Waals surface area (Å²) in [4.78, 5) is 2.41. The highest BCUT2D eigenvalue weighted by Crippen LogP contribution is 2.29. The van der Waals surface area contributed by atoms with Gasteiger partial charge in [0, 0.05) is 6.04 Å². The van der Waals surface area contributed by atoms with E-state index in [-0.39, 0.29) is 0 Å². The molecule has 13 heavy (non-hydrogen) atoms. The largest absolute Gasteiger partial charge is 0.306 e. The van der Waals surface area contributed by atoms with Gasteiger partial charge in [-0.3, -0.25) is 0 Å². The van der Waals surface area contributed by atoms with Crippen LogP contribution >= 0.6 is 0 Å². The monoisotopic (exact) mass is 183 g/mol. The van der Waals surface area contributed by atoms with Crippen LogP contribution in [0.4, 0.5) is 0 Å². The Morgan fingerprint density at radius 1 is 1.23 bits per heavy atom. The normalized spacial score (nSPS) is 29.5. The molecular formula is C12H25N. The van der Waals surface area contributed by atoms with Crippen molar-refractivity contribution in [3.63, 3.8) is 0 Å². The van der Waals surface area contributed by atoms with Gasteiger partial charge in [-0.15, -0.1) is 0 Å². The first-order valence-corrected chi connectivity index (χ1v) is 5.90. The van der Waals surface area contributed by atoms with Crippen molar-refractivity contribution >= 4 is 0 Å². The second-order valence-corrected chi connectivity index (χ2v) is 4.79. The fourth-order valence-corrected chi connectivity index (χ4v) is 2.49. The van der Waals surface area contributed by atoms with Gasteiger partial charge < -0.3 is 4.90 Å². The van der Waals surface area contributed by atoms with Crippen LogP contribution < -0.4 is 0 Å². The molecule has 0 N–H and O–H groups in total. The van der Waals surface area contributed by atoms with Gasteiger partial charge in [0.2, 0.25) is 0 Å². The summed E-state index contributed by atoms with van der Waals surface area (Å²) < 4.78 is 0. The molecule has 78 valence electrons. The molecule has 1 aliphatic carbocycles. The summed E-state index contributed by atoms with van der Waals surface area (Å²) in [6.45, 7) is 2.30. The van der Waals surface area contributed by atoms with Gasteiger partial charge in [-0.05, 0) is 32.9 Å². The van der Waals surface area contributed by atoms with Crippen molar-refractivity contribution in [3.05, 3.63) is 0 Å². The number of hydrogen-bond acceptors (Lipinski definition) is 1. The predicted molar refractivity (Wildman–Crippen MR) is 59.0 cm³/mol. The number of nitrogens with zero attached hydrogens (tertiary/aromatic N) is 1. The van der Waals surface area contributed by atoms with Crippen LogP contribution in [0.2, 0.25) is 0 Å². The first-order valence-electron chi connectivity index (χ1n) is 5.90. The summed E-state index contributed by atoms with van der Waals surface area (Å²) >= 11 is 0. The zero-order valence-electron chi connectivity index (χ0n) is 9.55. The van der Waals surface area contributed by atoms with Crippen LogP contribution in [-0.2, 0) is 0 Å². The lowest BCUT2D eigenvalue weighted by Crippen LogP contribution is -2.33. The maximum Gasteiger partial charge on any atom is 0.00918 e. The van der Waals surface area contributed by atoms with Crippen LogP contribution in [0.3, 0.4) is 0 Å². The Morgan fingerprint density at radius 2 is 2.00 bits per heavy atom. The Morgan fingerprint density at radius 3 is 2.62 bits per heavy atom. The van der Waals surface area contributed by atoms with Crippen LogP contribution in [0.1, 0.15) is 51.9 Å². The quantitative estimate of drug-likeness (QED) is 0.646. The van der Waals surface area contributed by atoms with Gasteiger partial charge in [0.25, 0.3) is 0 Å². The van der Waals surface area contributed by atoms with Gasteiger partial charge in [-0.1, -0.05) is 39.0 Å². The van der Waals surface area contributed by atoms with E-state index < -0.39 is 0 Å². The minimum Gasteiger partial charge on any atom is -0.306 e. The van der Waals surface area contributed by atoms with E-state index in [1.165, 1.54) is 44.9 Å². The summed E-state index contributed by atoms with van der Waals surface area (Å²) in [5.41, 5.74) is 0. The van der Waals surface area contributed by atoms with Crippen LogP contribution in [0.15, 0.2) is 0 Å². The van der Waals surface area contributed by atoms with Crippen LogP contribution in [-0.4, -0.2) is 25.0 Å². The predicted octanol–water partition coefficient (Wildman–Crippen LogP) is 3.30. The van der Waals surface area contributed by atoms with E-state index in [2.05, 4.69) is 25.9 Å². The molecular weight excluding hydrogens is 158 g/mol. The maximum atomic E-state index is 2.41. The average Bonchev–Trinajstić information content (AvgIpc) is 2.15. The SMILES string of the molecule is CCCCC1CCCC(N(C)C)C1. The second-order valence-electron chi connectivity index (χ2n) is 4.79. The molecule has 1 saturated carbocycles. The van der Waals surface area contributed by atoms with Crippen molar-refractivity contribution < 1.29 is 0 Å². The van der Waals surface area contributed by atoms with Crippen molar-refractivity contribution in [2.75, 3.05) is 14.1 Å².